The third-order valence-electron chi connectivity index (χ3n) is 5.66. The van der Waals surface area contributed by atoms with E-state index >= 15 is 0 Å². The lowest BCUT2D eigenvalue weighted by atomic mass is 9.77. The Bertz CT molecular complexity index is 369. The van der Waals surface area contributed by atoms with Crippen molar-refractivity contribution >= 4 is 5.91 Å². The second kappa shape index (κ2) is 9.00. The van der Waals surface area contributed by atoms with Crippen LogP contribution in [0.25, 0.3) is 0 Å². The standard InChI is InChI=1S/C18H34N2O3/c1-3-5-17(22)19-11-6-16(7-12-19)20-10-4-8-18(14-20,15-21)9-13-23-2/h16,21H,3-15H2,1-2H3. The number of hydrogen-bond acceptors (Lipinski definition) is 4. The predicted molar refractivity (Wildman–Crippen MR) is 91.3 cm³/mol. The number of aliphatic hydroxyl groups excluding tert-OH is 1. The van der Waals surface area contributed by atoms with Gasteiger partial charge in [0.05, 0.1) is 6.61 Å². The van der Waals surface area contributed by atoms with E-state index in [1.165, 1.54) is 0 Å². The highest BCUT2D eigenvalue weighted by Gasteiger charge is 2.38. The van der Waals surface area contributed by atoms with Gasteiger partial charge in [0.1, 0.15) is 0 Å². The fourth-order valence-corrected chi connectivity index (χ4v) is 4.14. The van der Waals surface area contributed by atoms with Crippen molar-refractivity contribution in [3.63, 3.8) is 0 Å². The summed E-state index contributed by atoms with van der Waals surface area (Å²) in [6.45, 7) is 6.92. The smallest absolute Gasteiger partial charge is 0.222 e. The fourth-order valence-electron chi connectivity index (χ4n) is 4.14. The highest BCUT2D eigenvalue weighted by atomic mass is 16.5. The molecular formula is C18H34N2O3. The molecule has 1 atom stereocenters. The molecule has 23 heavy (non-hydrogen) atoms. The Morgan fingerprint density at radius 1 is 1.30 bits per heavy atom. The molecule has 0 aromatic heterocycles. The van der Waals surface area contributed by atoms with Gasteiger partial charge in [-0.15, -0.1) is 0 Å². The van der Waals surface area contributed by atoms with Gasteiger partial charge in [0.25, 0.3) is 0 Å². The van der Waals surface area contributed by atoms with E-state index in [2.05, 4.69) is 11.8 Å². The average Bonchev–Trinajstić information content (AvgIpc) is 2.60. The third kappa shape index (κ3) is 4.91. The van der Waals surface area contributed by atoms with Crippen LogP contribution in [0.4, 0.5) is 0 Å². The van der Waals surface area contributed by atoms with Crippen molar-refractivity contribution < 1.29 is 14.6 Å². The molecule has 0 spiro atoms. The van der Waals surface area contributed by atoms with Gasteiger partial charge in [0, 0.05) is 51.2 Å². The Balaban J connectivity index is 1.86. The number of carbonyl (C=O) groups excluding carboxylic acids is 1. The molecule has 2 heterocycles. The van der Waals surface area contributed by atoms with Crippen LogP contribution in [0.1, 0.15) is 51.9 Å². The number of carbonyl (C=O) groups is 1. The first-order valence-electron chi connectivity index (χ1n) is 9.26. The number of amides is 1. The van der Waals surface area contributed by atoms with Gasteiger partial charge in [-0.3, -0.25) is 9.69 Å². The minimum Gasteiger partial charge on any atom is -0.396 e. The molecule has 2 fully saturated rings. The molecule has 0 radical (unpaired) electrons. The highest BCUT2D eigenvalue weighted by molar-refractivity contribution is 5.76. The van der Waals surface area contributed by atoms with Gasteiger partial charge >= 0.3 is 0 Å². The zero-order valence-corrected chi connectivity index (χ0v) is 14.9. The van der Waals surface area contributed by atoms with Crippen molar-refractivity contribution in [1.82, 2.24) is 9.80 Å². The largest absolute Gasteiger partial charge is 0.396 e. The summed E-state index contributed by atoms with van der Waals surface area (Å²) in [7, 11) is 1.73. The van der Waals surface area contributed by atoms with E-state index in [0.29, 0.717) is 18.4 Å². The molecule has 0 aliphatic carbocycles. The first-order chi connectivity index (χ1) is 11.1. The molecule has 0 bridgehead atoms. The van der Waals surface area contributed by atoms with Crippen LogP contribution in [0.3, 0.4) is 0 Å². The number of likely N-dealkylation sites (tertiary alicyclic amines) is 2. The van der Waals surface area contributed by atoms with Crippen LogP contribution in [0, 0.1) is 5.41 Å². The molecule has 0 aromatic rings. The Hall–Kier alpha value is -0.650. The summed E-state index contributed by atoms with van der Waals surface area (Å²) in [6, 6.07) is 0.564. The quantitative estimate of drug-likeness (QED) is 0.776. The molecule has 5 nitrogen and oxygen atoms in total. The Labute approximate surface area is 141 Å². The minimum absolute atomic E-state index is 0.00340. The van der Waals surface area contributed by atoms with Crippen molar-refractivity contribution in [2.24, 2.45) is 5.41 Å². The number of hydrogen-bond donors (Lipinski definition) is 1. The summed E-state index contributed by atoms with van der Waals surface area (Å²) in [6.07, 6.45) is 6.94. The lowest BCUT2D eigenvalue weighted by Crippen LogP contribution is -2.53. The van der Waals surface area contributed by atoms with Gasteiger partial charge in [-0.05, 0) is 45.1 Å². The van der Waals surface area contributed by atoms with E-state index in [1.807, 2.05) is 4.90 Å². The van der Waals surface area contributed by atoms with Crippen molar-refractivity contribution in [3.05, 3.63) is 0 Å². The Morgan fingerprint density at radius 3 is 2.65 bits per heavy atom. The average molecular weight is 326 g/mol. The molecule has 134 valence electrons. The second-order valence-corrected chi connectivity index (χ2v) is 7.34. The summed E-state index contributed by atoms with van der Waals surface area (Å²) < 4.78 is 5.24. The van der Waals surface area contributed by atoms with E-state index in [9.17, 15) is 9.90 Å². The SMILES string of the molecule is CCCC(=O)N1CCC(N2CCCC(CO)(CCOC)C2)CC1. The van der Waals surface area contributed by atoms with Gasteiger partial charge in [0.2, 0.25) is 5.91 Å². The maximum atomic E-state index is 12.0. The van der Waals surface area contributed by atoms with Gasteiger partial charge < -0.3 is 14.7 Å². The maximum Gasteiger partial charge on any atom is 0.222 e. The molecule has 2 rings (SSSR count). The first kappa shape index (κ1) is 18.7. The lowest BCUT2D eigenvalue weighted by Gasteiger charge is -2.47. The third-order valence-corrected chi connectivity index (χ3v) is 5.66. The van der Waals surface area contributed by atoms with Gasteiger partial charge in [0.15, 0.2) is 0 Å². The van der Waals surface area contributed by atoms with Gasteiger partial charge in [-0.2, -0.15) is 0 Å². The van der Waals surface area contributed by atoms with E-state index in [0.717, 1.165) is 71.3 Å². The first-order valence-corrected chi connectivity index (χ1v) is 9.26. The van der Waals surface area contributed by atoms with Crippen LogP contribution >= 0.6 is 0 Å². The van der Waals surface area contributed by atoms with E-state index in [4.69, 9.17) is 4.74 Å². The predicted octanol–water partition coefficient (Wildman–Crippen LogP) is 1.89. The molecule has 2 aliphatic heterocycles. The van der Waals surface area contributed by atoms with Crippen LogP contribution in [0.2, 0.25) is 0 Å². The van der Waals surface area contributed by atoms with Crippen LogP contribution in [0.5, 0.6) is 0 Å². The van der Waals surface area contributed by atoms with Crippen molar-refractivity contribution in [1.29, 1.82) is 0 Å². The topological polar surface area (TPSA) is 53.0 Å². The fraction of sp³-hybridized carbons (Fsp3) is 0.944. The molecule has 1 N–H and O–H groups in total. The van der Waals surface area contributed by atoms with Crippen LogP contribution < -0.4 is 0 Å². The zero-order valence-electron chi connectivity index (χ0n) is 14.9. The number of piperidine rings is 2. The lowest BCUT2D eigenvalue weighted by molar-refractivity contribution is -0.133. The monoisotopic (exact) mass is 326 g/mol. The molecule has 1 unspecified atom stereocenters. The van der Waals surface area contributed by atoms with Crippen LogP contribution in [-0.2, 0) is 9.53 Å². The number of aliphatic hydroxyl groups is 1. The van der Waals surface area contributed by atoms with Crippen LogP contribution in [-0.4, -0.2) is 73.4 Å². The Morgan fingerprint density at radius 2 is 2.04 bits per heavy atom. The molecule has 1 amide bonds. The summed E-state index contributed by atoms with van der Waals surface area (Å²) >= 11 is 0. The van der Waals surface area contributed by atoms with E-state index in [-0.39, 0.29) is 12.0 Å². The zero-order chi connectivity index (χ0) is 16.7. The minimum atomic E-state index is 0.00340. The summed E-state index contributed by atoms with van der Waals surface area (Å²) in [5.41, 5.74) is 0.00340. The van der Waals surface area contributed by atoms with Crippen LogP contribution in [0.15, 0.2) is 0 Å². The molecule has 0 aromatic carbocycles. The Kier molecular flexibility index (Phi) is 7.31. The number of ether oxygens (including phenoxy) is 1. The molecular weight excluding hydrogens is 292 g/mol. The van der Waals surface area contributed by atoms with Gasteiger partial charge in [-0.1, -0.05) is 6.92 Å². The number of methoxy groups -OCH3 is 1. The molecule has 2 saturated heterocycles. The number of rotatable bonds is 7. The van der Waals surface area contributed by atoms with Crippen molar-refractivity contribution in [3.8, 4) is 0 Å². The summed E-state index contributed by atoms with van der Waals surface area (Å²) in [5, 5.41) is 9.92. The highest BCUT2D eigenvalue weighted by Crippen LogP contribution is 2.35. The molecule has 5 heteroatoms. The molecule has 0 saturated carbocycles. The second-order valence-electron chi connectivity index (χ2n) is 7.34. The maximum absolute atomic E-state index is 12.0. The summed E-state index contributed by atoms with van der Waals surface area (Å²) in [4.78, 5) is 16.6. The summed E-state index contributed by atoms with van der Waals surface area (Å²) in [5.74, 6) is 0.314. The van der Waals surface area contributed by atoms with Gasteiger partial charge in [-0.25, -0.2) is 0 Å². The van der Waals surface area contributed by atoms with Crippen molar-refractivity contribution in [2.75, 3.05) is 46.5 Å². The van der Waals surface area contributed by atoms with E-state index in [1.54, 1.807) is 7.11 Å². The van der Waals surface area contributed by atoms with Crippen molar-refractivity contribution in [2.45, 2.75) is 57.9 Å². The molecule has 2 aliphatic rings. The van der Waals surface area contributed by atoms with E-state index < -0.39 is 0 Å². The normalized spacial score (nSPS) is 27.3. The number of nitrogens with zero attached hydrogens (tertiary/aromatic N) is 2.